The number of sulfonamides is 2. The van der Waals surface area contributed by atoms with Crippen molar-refractivity contribution in [2.24, 2.45) is 0 Å². The fourth-order valence-corrected chi connectivity index (χ4v) is 6.65. The first-order valence-electron chi connectivity index (χ1n) is 9.89. The second-order valence-electron chi connectivity index (χ2n) is 7.39. The van der Waals surface area contributed by atoms with E-state index in [9.17, 15) is 16.8 Å². The Morgan fingerprint density at radius 3 is 2.17 bits per heavy atom. The van der Waals surface area contributed by atoms with Crippen LogP contribution >= 0.6 is 0 Å². The van der Waals surface area contributed by atoms with Crippen LogP contribution in [0.4, 0.5) is 0 Å². The summed E-state index contributed by atoms with van der Waals surface area (Å²) in [4.78, 5) is 0.225. The van der Waals surface area contributed by atoms with Gasteiger partial charge < -0.3 is 0 Å². The Balaban J connectivity index is 1.81. The molecule has 1 saturated heterocycles. The quantitative estimate of drug-likeness (QED) is 0.666. The van der Waals surface area contributed by atoms with Gasteiger partial charge in [-0.1, -0.05) is 43.7 Å². The molecule has 158 valence electrons. The molecule has 8 heteroatoms. The van der Waals surface area contributed by atoms with E-state index < -0.39 is 20.0 Å². The smallest absolute Gasteiger partial charge is 0.207 e. The average Bonchev–Trinajstić information content (AvgIpc) is 2.74. The minimum atomic E-state index is -3.71. The van der Waals surface area contributed by atoms with E-state index in [2.05, 4.69) is 0 Å². The van der Waals surface area contributed by atoms with Gasteiger partial charge in [-0.25, -0.2) is 16.8 Å². The molecule has 2 aromatic carbocycles. The van der Waals surface area contributed by atoms with Crippen LogP contribution < -0.4 is 0 Å². The summed E-state index contributed by atoms with van der Waals surface area (Å²) in [5.41, 5.74) is 0.883. The summed E-state index contributed by atoms with van der Waals surface area (Å²) in [6.45, 7) is 2.76. The molecule has 1 atom stereocenters. The minimum absolute atomic E-state index is 0.00849. The molecular formula is C21H28N2O4S2. The predicted molar refractivity (Wildman–Crippen MR) is 113 cm³/mol. The summed E-state index contributed by atoms with van der Waals surface area (Å²) in [6.07, 6.45) is 3.53. The molecule has 1 aliphatic rings. The van der Waals surface area contributed by atoms with Gasteiger partial charge in [0.1, 0.15) is 0 Å². The van der Waals surface area contributed by atoms with E-state index in [-0.39, 0.29) is 22.4 Å². The Kier molecular flexibility index (Phi) is 6.78. The fourth-order valence-electron chi connectivity index (χ4n) is 3.72. The number of nitrogens with zero attached hydrogens (tertiary/aromatic N) is 2. The number of hydrogen-bond donors (Lipinski definition) is 0. The second-order valence-corrected chi connectivity index (χ2v) is 11.3. The van der Waals surface area contributed by atoms with Crippen molar-refractivity contribution < 1.29 is 16.8 Å². The Morgan fingerprint density at radius 2 is 1.55 bits per heavy atom. The van der Waals surface area contributed by atoms with Gasteiger partial charge in [-0.05, 0) is 49.1 Å². The minimum Gasteiger partial charge on any atom is -0.207 e. The topological polar surface area (TPSA) is 74.8 Å². The van der Waals surface area contributed by atoms with Crippen LogP contribution in [0, 0.1) is 0 Å². The van der Waals surface area contributed by atoms with Gasteiger partial charge in [-0.15, -0.1) is 0 Å². The van der Waals surface area contributed by atoms with Crippen molar-refractivity contribution in [1.29, 1.82) is 0 Å². The van der Waals surface area contributed by atoms with Crippen LogP contribution in [-0.4, -0.2) is 45.1 Å². The number of rotatable bonds is 7. The summed E-state index contributed by atoms with van der Waals surface area (Å²) in [5, 5.41) is 0. The molecule has 0 aliphatic carbocycles. The van der Waals surface area contributed by atoms with E-state index in [4.69, 9.17) is 0 Å². The van der Waals surface area contributed by atoms with Gasteiger partial charge in [0, 0.05) is 26.2 Å². The van der Waals surface area contributed by atoms with Gasteiger partial charge in [0.2, 0.25) is 20.0 Å². The van der Waals surface area contributed by atoms with E-state index in [1.807, 2.05) is 37.3 Å². The molecule has 0 aromatic heterocycles. The largest absolute Gasteiger partial charge is 0.243 e. The summed E-state index contributed by atoms with van der Waals surface area (Å²) < 4.78 is 54.7. The normalized spacial score (nSPS) is 18.8. The molecule has 0 amide bonds. The van der Waals surface area contributed by atoms with E-state index in [0.717, 1.165) is 31.2 Å². The van der Waals surface area contributed by atoms with E-state index in [1.165, 1.54) is 35.6 Å². The first-order valence-corrected chi connectivity index (χ1v) is 12.8. The van der Waals surface area contributed by atoms with Crippen LogP contribution in [0.5, 0.6) is 0 Å². The zero-order valence-electron chi connectivity index (χ0n) is 16.9. The van der Waals surface area contributed by atoms with Gasteiger partial charge in [-0.2, -0.15) is 8.61 Å². The van der Waals surface area contributed by atoms with Gasteiger partial charge in [0.25, 0.3) is 0 Å². The highest BCUT2D eigenvalue weighted by molar-refractivity contribution is 7.89. The summed E-state index contributed by atoms with van der Waals surface area (Å²) in [7, 11) is -5.82. The molecule has 6 nitrogen and oxygen atoms in total. The summed E-state index contributed by atoms with van der Waals surface area (Å²) in [6, 6.07) is 14.9. The monoisotopic (exact) mass is 436 g/mol. The van der Waals surface area contributed by atoms with Crippen LogP contribution in [0.2, 0.25) is 0 Å². The third-order valence-electron chi connectivity index (χ3n) is 5.43. The average molecular weight is 437 g/mol. The van der Waals surface area contributed by atoms with Crippen molar-refractivity contribution in [3.63, 3.8) is 0 Å². The van der Waals surface area contributed by atoms with Crippen LogP contribution in [0.15, 0.2) is 64.4 Å². The van der Waals surface area contributed by atoms with Crippen LogP contribution in [0.3, 0.4) is 0 Å². The van der Waals surface area contributed by atoms with Crippen molar-refractivity contribution in [1.82, 2.24) is 8.61 Å². The zero-order valence-corrected chi connectivity index (χ0v) is 18.5. The second kappa shape index (κ2) is 8.95. The van der Waals surface area contributed by atoms with E-state index in [0.29, 0.717) is 6.54 Å². The lowest BCUT2D eigenvalue weighted by atomic mass is 10.0. The maximum absolute atomic E-state index is 13.1. The highest BCUT2D eigenvalue weighted by Crippen LogP contribution is 2.28. The Labute approximate surface area is 174 Å². The third kappa shape index (κ3) is 4.71. The lowest BCUT2D eigenvalue weighted by Crippen LogP contribution is -2.43. The molecule has 1 unspecified atom stereocenters. The Hall–Kier alpha value is -1.74. The van der Waals surface area contributed by atoms with Crippen LogP contribution in [0.25, 0.3) is 0 Å². The number of benzene rings is 2. The molecule has 0 spiro atoms. The molecule has 0 bridgehead atoms. The van der Waals surface area contributed by atoms with Crippen molar-refractivity contribution in [2.75, 3.05) is 13.6 Å². The molecule has 29 heavy (non-hydrogen) atoms. The molecule has 0 saturated carbocycles. The number of hydrogen-bond acceptors (Lipinski definition) is 4. The van der Waals surface area contributed by atoms with Crippen LogP contribution in [0.1, 0.15) is 38.2 Å². The maximum atomic E-state index is 13.1. The van der Waals surface area contributed by atoms with E-state index >= 15 is 0 Å². The van der Waals surface area contributed by atoms with Gasteiger partial charge >= 0.3 is 0 Å². The van der Waals surface area contributed by atoms with E-state index in [1.54, 1.807) is 4.31 Å². The van der Waals surface area contributed by atoms with Crippen molar-refractivity contribution >= 4 is 20.0 Å². The lowest BCUT2D eigenvalue weighted by molar-refractivity contribution is 0.246. The molecule has 2 aromatic rings. The van der Waals surface area contributed by atoms with Gasteiger partial charge in [0.05, 0.1) is 9.79 Å². The SMILES string of the molecule is CCC1CCCCN1S(=O)(=O)c1ccc(S(=O)(=O)N(C)Cc2ccccc2)cc1. The third-order valence-corrected chi connectivity index (χ3v) is 9.21. The zero-order chi connectivity index (χ0) is 21.1. The van der Waals surface area contributed by atoms with Gasteiger partial charge in [-0.3, -0.25) is 0 Å². The van der Waals surface area contributed by atoms with Crippen molar-refractivity contribution in [2.45, 2.75) is 55.0 Å². The first-order chi connectivity index (χ1) is 13.8. The lowest BCUT2D eigenvalue weighted by Gasteiger charge is -2.34. The molecule has 0 N–H and O–H groups in total. The molecule has 1 aliphatic heterocycles. The molecular weight excluding hydrogens is 408 g/mol. The Morgan fingerprint density at radius 1 is 0.931 bits per heavy atom. The molecule has 0 radical (unpaired) electrons. The van der Waals surface area contributed by atoms with Crippen molar-refractivity contribution in [3.05, 3.63) is 60.2 Å². The molecule has 1 fully saturated rings. The Bertz CT molecular complexity index is 1020. The first kappa shape index (κ1) is 22.0. The van der Waals surface area contributed by atoms with Crippen molar-refractivity contribution in [3.8, 4) is 0 Å². The highest BCUT2D eigenvalue weighted by atomic mass is 32.2. The predicted octanol–water partition coefficient (Wildman–Crippen LogP) is 3.46. The molecule has 1 heterocycles. The summed E-state index contributed by atoms with van der Waals surface area (Å²) in [5.74, 6) is 0. The standard InChI is InChI=1S/C21H28N2O4S2/c1-3-19-11-7-8-16-23(19)29(26,27)21-14-12-20(13-15-21)28(24,25)22(2)17-18-9-5-4-6-10-18/h4-6,9-10,12-15,19H,3,7-8,11,16-17H2,1-2H3. The molecule has 3 rings (SSSR count). The highest BCUT2D eigenvalue weighted by Gasteiger charge is 2.32. The summed E-state index contributed by atoms with van der Waals surface area (Å²) >= 11 is 0. The maximum Gasteiger partial charge on any atom is 0.243 e. The van der Waals surface area contributed by atoms with Crippen LogP contribution in [-0.2, 0) is 26.6 Å². The fraction of sp³-hybridized carbons (Fsp3) is 0.429. The number of piperidine rings is 1. The van der Waals surface area contributed by atoms with Gasteiger partial charge in [0.15, 0.2) is 0 Å².